The van der Waals surface area contributed by atoms with Crippen molar-refractivity contribution in [1.29, 1.82) is 0 Å². The highest BCUT2D eigenvalue weighted by atomic mass is 35.5. The number of piperidine rings is 1. The zero-order valence-corrected chi connectivity index (χ0v) is 24.2. The Kier molecular flexibility index (Phi) is 8.85. The fourth-order valence-electron chi connectivity index (χ4n) is 5.16. The first-order valence-electron chi connectivity index (χ1n) is 13.4. The number of imidazole rings is 1. The van der Waals surface area contributed by atoms with Gasteiger partial charge in [-0.15, -0.1) is 11.3 Å². The van der Waals surface area contributed by atoms with Gasteiger partial charge in [0.15, 0.2) is 0 Å². The average Bonchev–Trinajstić information content (AvgIpc) is 3.52. The Morgan fingerprint density at radius 1 is 0.947 bits per heavy atom. The molecule has 38 heavy (non-hydrogen) atoms. The smallest absolute Gasteiger partial charge is 0.253 e. The lowest BCUT2D eigenvalue weighted by Gasteiger charge is -2.27. The molecule has 1 aliphatic rings. The van der Waals surface area contributed by atoms with Gasteiger partial charge in [0.05, 0.1) is 21.9 Å². The monoisotopic (exact) mass is 570 g/mol. The van der Waals surface area contributed by atoms with Crippen LogP contribution in [0.3, 0.4) is 0 Å². The van der Waals surface area contributed by atoms with E-state index in [9.17, 15) is 8.42 Å². The summed E-state index contributed by atoms with van der Waals surface area (Å²) in [6, 6.07) is 19.9. The molecule has 1 fully saturated rings. The highest BCUT2D eigenvalue weighted by Crippen LogP contribution is 2.30. The lowest BCUT2D eigenvalue weighted by Crippen LogP contribution is -2.32. The number of rotatable bonds is 11. The van der Waals surface area contributed by atoms with E-state index in [2.05, 4.69) is 46.7 Å². The highest BCUT2D eigenvalue weighted by Gasteiger charge is 2.28. The number of sulfonamides is 1. The van der Waals surface area contributed by atoms with Crippen LogP contribution in [-0.2, 0) is 29.7 Å². The number of hydrogen-bond donors (Lipinski definition) is 0. The second-order valence-electron chi connectivity index (χ2n) is 9.96. The molecule has 9 heteroatoms. The van der Waals surface area contributed by atoms with E-state index in [0.717, 1.165) is 60.7 Å². The lowest BCUT2D eigenvalue weighted by molar-refractivity contribution is 0.220. The predicted octanol–water partition coefficient (Wildman–Crippen LogP) is 6.78. The Hall–Kier alpha value is -2.23. The van der Waals surface area contributed by atoms with Crippen LogP contribution in [0.1, 0.15) is 56.0 Å². The number of likely N-dealkylation sites (tertiary alicyclic amines) is 1. The first kappa shape index (κ1) is 27.3. The summed E-state index contributed by atoms with van der Waals surface area (Å²) < 4.78 is 31.8. The molecule has 2 aromatic carbocycles. The second-order valence-corrected chi connectivity index (χ2v) is 13.8. The summed E-state index contributed by atoms with van der Waals surface area (Å²) in [6.45, 7) is 6.58. The predicted molar refractivity (Wildman–Crippen MR) is 156 cm³/mol. The molecule has 0 aliphatic carbocycles. The normalized spacial score (nSPS) is 15.0. The Morgan fingerprint density at radius 2 is 1.66 bits per heavy atom. The maximum absolute atomic E-state index is 13.7. The molecule has 4 aromatic rings. The van der Waals surface area contributed by atoms with Crippen LogP contribution in [-0.4, -0.2) is 46.8 Å². The van der Waals surface area contributed by atoms with Crippen molar-refractivity contribution >= 4 is 44.0 Å². The zero-order valence-electron chi connectivity index (χ0n) is 21.9. The van der Waals surface area contributed by atoms with Gasteiger partial charge < -0.3 is 4.57 Å². The Labute approximate surface area is 234 Å². The Morgan fingerprint density at radius 3 is 2.37 bits per heavy atom. The molecule has 0 atom stereocenters. The van der Waals surface area contributed by atoms with E-state index in [1.165, 1.54) is 30.4 Å². The second kappa shape index (κ2) is 12.3. The summed E-state index contributed by atoms with van der Waals surface area (Å²) in [5.74, 6) is 0.751. The highest BCUT2D eigenvalue weighted by molar-refractivity contribution is 7.91. The quantitative estimate of drug-likeness (QED) is 0.199. The summed E-state index contributed by atoms with van der Waals surface area (Å²) in [5.41, 5.74) is 4.46. The molecular formula is C29H35ClN4O2S2. The number of fused-ring (bicyclic) bond motifs is 1. The SMILES string of the molecule is CCCCN(Cc1nc2ccccc2n1Cc1ccccc1CN1CCCCC1)S(=O)(=O)c1ccc(Cl)s1. The molecule has 5 rings (SSSR count). The number of nitrogens with zero attached hydrogens (tertiary/aromatic N) is 4. The Balaban J connectivity index is 1.50. The van der Waals surface area contributed by atoms with Crippen LogP contribution in [0.15, 0.2) is 64.9 Å². The van der Waals surface area contributed by atoms with E-state index in [1.54, 1.807) is 16.4 Å². The van der Waals surface area contributed by atoms with Crippen molar-refractivity contribution in [1.82, 2.24) is 18.8 Å². The number of halogens is 1. The molecule has 0 radical (unpaired) electrons. The van der Waals surface area contributed by atoms with E-state index in [4.69, 9.17) is 16.6 Å². The molecule has 0 spiro atoms. The molecule has 202 valence electrons. The van der Waals surface area contributed by atoms with Crippen LogP contribution in [0.4, 0.5) is 0 Å². The first-order chi connectivity index (χ1) is 18.5. The lowest BCUT2D eigenvalue weighted by atomic mass is 10.0. The van der Waals surface area contributed by atoms with Crippen molar-refractivity contribution in [3.05, 3.63) is 82.0 Å². The van der Waals surface area contributed by atoms with Crippen LogP contribution in [0, 0.1) is 0 Å². The average molecular weight is 571 g/mol. The van der Waals surface area contributed by atoms with Crippen LogP contribution in [0.25, 0.3) is 11.0 Å². The van der Waals surface area contributed by atoms with Gasteiger partial charge in [0.2, 0.25) is 0 Å². The molecule has 0 N–H and O–H groups in total. The fraction of sp³-hybridized carbons (Fsp3) is 0.414. The van der Waals surface area contributed by atoms with Gasteiger partial charge in [-0.25, -0.2) is 13.4 Å². The van der Waals surface area contributed by atoms with Crippen LogP contribution in [0.2, 0.25) is 4.34 Å². The van der Waals surface area contributed by atoms with Crippen molar-refractivity contribution in [2.75, 3.05) is 19.6 Å². The van der Waals surface area contributed by atoms with Gasteiger partial charge in [0, 0.05) is 19.6 Å². The molecular weight excluding hydrogens is 536 g/mol. The minimum Gasteiger partial charge on any atom is -0.322 e. The third-order valence-corrected chi connectivity index (χ3v) is 10.8. The van der Waals surface area contributed by atoms with Crippen molar-refractivity contribution in [2.24, 2.45) is 0 Å². The van der Waals surface area contributed by atoms with E-state index in [0.29, 0.717) is 17.4 Å². The van der Waals surface area contributed by atoms with Gasteiger partial charge in [-0.2, -0.15) is 4.31 Å². The number of para-hydroxylation sites is 2. The van der Waals surface area contributed by atoms with Crippen molar-refractivity contribution < 1.29 is 8.42 Å². The number of hydrogen-bond acceptors (Lipinski definition) is 5. The third kappa shape index (κ3) is 6.15. The minimum atomic E-state index is -3.70. The van der Waals surface area contributed by atoms with Crippen molar-refractivity contribution in [3.63, 3.8) is 0 Å². The fourth-order valence-corrected chi connectivity index (χ4v) is 8.23. The molecule has 0 amide bonds. The minimum absolute atomic E-state index is 0.209. The van der Waals surface area contributed by atoms with Crippen molar-refractivity contribution in [3.8, 4) is 0 Å². The Bertz CT molecular complexity index is 1470. The van der Waals surface area contributed by atoms with E-state index in [-0.39, 0.29) is 10.8 Å². The van der Waals surface area contributed by atoms with Crippen LogP contribution < -0.4 is 0 Å². The van der Waals surface area contributed by atoms with Gasteiger partial charge in [0.1, 0.15) is 10.0 Å². The van der Waals surface area contributed by atoms with Gasteiger partial charge in [-0.05, 0) is 67.7 Å². The third-order valence-electron chi connectivity index (χ3n) is 7.24. The summed E-state index contributed by atoms with van der Waals surface area (Å²) >= 11 is 7.21. The number of unbranched alkanes of at least 4 members (excludes halogenated alkanes) is 1. The molecule has 3 heterocycles. The summed E-state index contributed by atoms with van der Waals surface area (Å²) in [7, 11) is -3.70. The van der Waals surface area contributed by atoms with Crippen LogP contribution >= 0.6 is 22.9 Å². The maximum atomic E-state index is 13.7. The molecule has 0 unspecified atom stereocenters. The summed E-state index contributed by atoms with van der Waals surface area (Å²) in [6.07, 6.45) is 5.51. The molecule has 1 saturated heterocycles. The van der Waals surface area contributed by atoms with Gasteiger partial charge in [-0.3, -0.25) is 4.90 Å². The maximum Gasteiger partial charge on any atom is 0.253 e. The largest absolute Gasteiger partial charge is 0.322 e. The number of benzene rings is 2. The zero-order chi connectivity index (χ0) is 26.5. The van der Waals surface area contributed by atoms with Gasteiger partial charge >= 0.3 is 0 Å². The van der Waals surface area contributed by atoms with E-state index < -0.39 is 10.0 Å². The van der Waals surface area contributed by atoms with Gasteiger partial charge in [0.25, 0.3) is 10.0 Å². The molecule has 0 bridgehead atoms. The van der Waals surface area contributed by atoms with Crippen molar-refractivity contribution in [2.45, 2.75) is 62.9 Å². The molecule has 6 nitrogen and oxygen atoms in total. The molecule has 1 aliphatic heterocycles. The van der Waals surface area contributed by atoms with Gasteiger partial charge in [-0.1, -0.05) is 67.8 Å². The molecule has 0 saturated carbocycles. The molecule has 2 aromatic heterocycles. The van der Waals surface area contributed by atoms with E-state index >= 15 is 0 Å². The summed E-state index contributed by atoms with van der Waals surface area (Å²) in [4.78, 5) is 7.48. The number of thiophene rings is 1. The van der Waals surface area contributed by atoms with E-state index in [1.807, 2.05) is 18.2 Å². The standard InChI is InChI=1S/C29H35ClN4O2S2/c1-2-3-19-33(38(35,36)29-16-15-27(30)37-29)22-28-31-25-13-7-8-14-26(25)34(28)21-24-12-6-5-11-23(24)20-32-17-9-4-10-18-32/h5-8,11-16H,2-4,9-10,17-22H2,1H3. The topological polar surface area (TPSA) is 58.4 Å². The number of aromatic nitrogens is 2. The first-order valence-corrected chi connectivity index (χ1v) is 16.1. The summed E-state index contributed by atoms with van der Waals surface area (Å²) in [5, 5.41) is 0. The van der Waals surface area contributed by atoms with Crippen LogP contribution in [0.5, 0.6) is 0 Å².